The van der Waals surface area contributed by atoms with E-state index in [1.54, 1.807) is 0 Å². The normalized spacial score (nSPS) is 12.5. The van der Waals surface area contributed by atoms with Crippen LogP contribution in [0.25, 0.3) is 0 Å². The highest BCUT2D eigenvalue weighted by Crippen LogP contribution is 2.16. The van der Waals surface area contributed by atoms with Crippen LogP contribution in [0.1, 0.15) is 290 Å². The highest BCUT2D eigenvalue weighted by Gasteiger charge is 2.19. The second-order valence-corrected chi connectivity index (χ2v) is 19.2. The summed E-state index contributed by atoms with van der Waals surface area (Å²) in [5.41, 5.74) is 0. The van der Waals surface area contributed by atoms with E-state index in [9.17, 15) is 14.4 Å². The van der Waals surface area contributed by atoms with Crippen molar-refractivity contribution in [1.29, 1.82) is 0 Å². The number of hydrogen-bond acceptors (Lipinski definition) is 6. The fourth-order valence-electron chi connectivity index (χ4n) is 8.13. The van der Waals surface area contributed by atoms with E-state index < -0.39 is 6.10 Å². The van der Waals surface area contributed by atoms with E-state index in [4.69, 9.17) is 14.2 Å². The maximum absolute atomic E-state index is 12.9. The van der Waals surface area contributed by atoms with Crippen LogP contribution in [0.5, 0.6) is 0 Å². The second-order valence-electron chi connectivity index (χ2n) is 19.2. The molecule has 0 heterocycles. The van der Waals surface area contributed by atoms with Gasteiger partial charge in [-0.15, -0.1) is 0 Å². The molecular formula is C61H108O6. The zero-order valence-electron chi connectivity index (χ0n) is 44.4. The van der Waals surface area contributed by atoms with Crippen molar-refractivity contribution in [2.75, 3.05) is 13.2 Å². The summed E-state index contributed by atoms with van der Waals surface area (Å²) >= 11 is 0. The van der Waals surface area contributed by atoms with Gasteiger partial charge in [-0.25, -0.2) is 0 Å². The fraction of sp³-hybridized carbons (Fsp3) is 0.787. The van der Waals surface area contributed by atoms with Crippen LogP contribution < -0.4 is 0 Å². The maximum Gasteiger partial charge on any atom is 0.306 e. The van der Waals surface area contributed by atoms with Crippen molar-refractivity contribution in [2.45, 2.75) is 297 Å². The average Bonchev–Trinajstić information content (AvgIpc) is 3.33. The van der Waals surface area contributed by atoms with Crippen LogP contribution in [-0.2, 0) is 28.6 Å². The minimum absolute atomic E-state index is 0.0823. The standard InChI is InChI=1S/C61H108O6/c1-4-7-10-13-16-19-22-25-28-30-33-36-39-42-45-48-51-54-60(63)66-57-58(56-65-59(62)53-50-47-44-41-38-35-32-27-24-21-18-15-12-9-6-3)67-61(64)55-52-49-46-43-40-37-34-31-29-26-23-20-17-14-11-8-5-2/h16-17,19-20,25-26,28-29,33,36,58H,4-15,18,21-24,27,30-32,34-35,37-57H2,1-3H3/b19-16-,20-17-,28-25-,29-26-,36-33-/t58-/m0/s1. The van der Waals surface area contributed by atoms with Crippen LogP contribution in [0.4, 0.5) is 0 Å². The molecule has 0 aliphatic heterocycles. The topological polar surface area (TPSA) is 78.9 Å². The van der Waals surface area contributed by atoms with E-state index in [1.165, 1.54) is 154 Å². The number of hydrogen-bond donors (Lipinski definition) is 0. The van der Waals surface area contributed by atoms with Gasteiger partial charge >= 0.3 is 17.9 Å². The highest BCUT2D eigenvalue weighted by atomic mass is 16.6. The van der Waals surface area contributed by atoms with Crippen LogP contribution in [0.15, 0.2) is 60.8 Å². The molecule has 0 bridgehead atoms. The third kappa shape index (κ3) is 53.9. The summed E-state index contributed by atoms with van der Waals surface area (Å²) in [5, 5.41) is 0. The number of carbonyl (C=O) groups excluding carboxylic acids is 3. The Morgan fingerprint density at radius 1 is 0.299 bits per heavy atom. The van der Waals surface area contributed by atoms with E-state index in [0.717, 1.165) is 96.3 Å². The van der Waals surface area contributed by atoms with Crippen LogP contribution in [0, 0.1) is 0 Å². The lowest BCUT2D eigenvalue weighted by Gasteiger charge is -2.18. The molecule has 0 amide bonds. The van der Waals surface area contributed by atoms with E-state index in [-0.39, 0.29) is 31.1 Å². The average molecular weight is 938 g/mol. The Morgan fingerprint density at radius 3 is 0.866 bits per heavy atom. The summed E-state index contributed by atoms with van der Waals surface area (Å²) in [6, 6.07) is 0. The predicted octanol–water partition coefficient (Wildman–Crippen LogP) is 19.2. The summed E-state index contributed by atoms with van der Waals surface area (Å²) in [4.78, 5) is 38.2. The maximum atomic E-state index is 12.9. The number of ether oxygens (including phenoxy) is 3. The largest absolute Gasteiger partial charge is 0.462 e. The quantitative estimate of drug-likeness (QED) is 0.0262. The van der Waals surface area contributed by atoms with E-state index in [1.807, 2.05) is 0 Å². The molecule has 1 atom stereocenters. The first kappa shape index (κ1) is 64.1. The predicted molar refractivity (Wildman–Crippen MR) is 288 cm³/mol. The van der Waals surface area contributed by atoms with Crippen molar-refractivity contribution in [1.82, 2.24) is 0 Å². The molecule has 6 nitrogen and oxygen atoms in total. The molecule has 0 aliphatic carbocycles. The minimum atomic E-state index is -0.786. The van der Waals surface area contributed by atoms with Crippen molar-refractivity contribution in [3.8, 4) is 0 Å². The summed E-state index contributed by atoms with van der Waals surface area (Å²) in [6.45, 7) is 6.59. The Morgan fingerprint density at radius 2 is 0.537 bits per heavy atom. The van der Waals surface area contributed by atoms with E-state index >= 15 is 0 Å². The smallest absolute Gasteiger partial charge is 0.306 e. The van der Waals surface area contributed by atoms with Crippen molar-refractivity contribution in [2.24, 2.45) is 0 Å². The molecule has 0 aromatic carbocycles. The van der Waals surface area contributed by atoms with Crippen LogP contribution in [0.3, 0.4) is 0 Å². The first-order chi connectivity index (χ1) is 33.0. The molecule has 0 rings (SSSR count). The van der Waals surface area contributed by atoms with Crippen molar-refractivity contribution in [3.63, 3.8) is 0 Å². The summed E-state index contributed by atoms with van der Waals surface area (Å²) in [7, 11) is 0. The molecule has 0 aliphatic rings. The Kier molecular flexibility index (Phi) is 53.3. The number of rotatable bonds is 52. The molecule has 0 spiro atoms. The lowest BCUT2D eigenvalue weighted by atomic mass is 10.0. The SMILES string of the molecule is CCCCC/C=C\C/C=C\C/C=C\CCCCCCC(=O)OC[C@H](COC(=O)CCCCCCCCCCCCCCCCC)OC(=O)CCCCCCCCC/C=C\C/C=C\CCCCC. The van der Waals surface area contributed by atoms with Crippen molar-refractivity contribution >= 4 is 17.9 Å². The molecule has 67 heavy (non-hydrogen) atoms. The Balaban J connectivity index is 4.42. The van der Waals surface area contributed by atoms with Gasteiger partial charge in [0, 0.05) is 19.3 Å². The minimum Gasteiger partial charge on any atom is -0.462 e. The molecule has 0 saturated carbocycles. The third-order valence-corrected chi connectivity index (χ3v) is 12.5. The molecule has 0 N–H and O–H groups in total. The monoisotopic (exact) mass is 937 g/mol. The van der Waals surface area contributed by atoms with Gasteiger partial charge in [0.15, 0.2) is 6.10 Å². The highest BCUT2D eigenvalue weighted by molar-refractivity contribution is 5.71. The van der Waals surface area contributed by atoms with Crippen LogP contribution in [0.2, 0.25) is 0 Å². The second kappa shape index (κ2) is 55.7. The van der Waals surface area contributed by atoms with Gasteiger partial charge in [-0.1, -0.05) is 242 Å². The first-order valence-electron chi connectivity index (χ1n) is 28.8. The van der Waals surface area contributed by atoms with Gasteiger partial charge in [-0.3, -0.25) is 14.4 Å². The van der Waals surface area contributed by atoms with Gasteiger partial charge in [0.25, 0.3) is 0 Å². The van der Waals surface area contributed by atoms with Gasteiger partial charge in [0.1, 0.15) is 13.2 Å². The lowest BCUT2D eigenvalue weighted by molar-refractivity contribution is -0.167. The van der Waals surface area contributed by atoms with Gasteiger partial charge in [0.2, 0.25) is 0 Å². The van der Waals surface area contributed by atoms with Gasteiger partial charge in [0.05, 0.1) is 0 Å². The zero-order valence-corrected chi connectivity index (χ0v) is 44.4. The molecule has 0 aromatic heterocycles. The van der Waals surface area contributed by atoms with E-state index in [0.29, 0.717) is 19.3 Å². The van der Waals surface area contributed by atoms with Crippen LogP contribution in [-0.4, -0.2) is 37.2 Å². The summed E-state index contributed by atoms with van der Waals surface area (Å²) < 4.78 is 16.9. The molecule has 0 aromatic rings. The van der Waals surface area contributed by atoms with Crippen molar-refractivity contribution < 1.29 is 28.6 Å². The number of carbonyl (C=O) groups is 3. The number of esters is 3. The zero-order chi connectivity index (χ0) is 48.6. The van der Waals surface area contributed by atoms with Gasteiger partial charge < -0.3 is 14.2 Å². The Bertz CT molecular complexity index is 1210. The summed E-state index contributed by atoms with van der Waals surface area (Å²) in [6.07, 6.45) is 69.1. The number of unbranched alkanes of at least 4 members (excludes halogenated alkanes) is 31. The van der Waals surface area contributed by atoms with Gasteiger partial charge in [-0.2, -0.15) is 0 Å². The Labute approximate surface area is 415 Å². The molecule has 0 saturated heterocycles. The van der Waals surface area contributed by atoms with Crippen molar-refractivity contribution in [3.05, 3.63) is 60.8 Å². The molecule has 388 valence electrons. The van der Waals surface area contributed by atoms with E-state index in [2.05, 4.69) is 81.5 Å². The van der Waals surface area contributed by atoms with Gasteiger partial charge in [-0.05, 0) is 89.9 Å². The number of allylic oxidation sites excluding steroid dienone is 10. The Hall–Kier alpha value is -2.89. The lowest BCUT2D eigenvalue weighted by Crippen LogP contribution is -2.30. The third-order valence-electron chi connectivity index (χ3n) is 12.5. The molecule has 0 unspecified atom stereocenters. The molecule has 0 fully saturated rings. The molecular weight excluding hydrogens is 829 g/mol. The molecule has 0 radical (unpaired) electrons. The summed E-state index contributed by atoms with van der Waals surface area (Å²) in [5.74, 6) is -0.901. The fourth-order valence-corrected chi connectivity index (χ4v) is 8.13. The molecule has 6 heteroatoms. The van der Waals surface area contributed by atoms with Crippen LogP contribution >= 0.6 is 0 Å². The first-order valence-corrected chi connectivity index (χ1v) is 28.8.